The van der Waals surface area contributed by atoms with E-state index in [-0.39, 0.29) is 10.8 Å². The number of hydrogen-bond acceptors (Lipinski definition) is 2. The number of oxazole rings is 1. The maximum atomic E-state index is 5.99. The van der Waals surface area contributed by atoms with E-state index in [0.29, 0.717) is 0 Å². The van der Waals surface area contributed by atoms with Crippen LogP contribution in [0.2, 0.25) is 0 Å². The summed E-state index contributed by atoms with van der Waals surface area (Å²) in [7, 11) is 0. The smallest absolute Gasteiger partial charge is 0.196 e. The topological polar surface area (TPSA) is 26.0 Å². The molecule has 0 aliphatic carbocycles. The zero-order chi connectivity index (χ0) is 13.6. The lowest BCUT2D eigenvalue weighted by molar-refractivity contribution is 0.360. The van der Waals surface area contributed by atoms with Gasteiger partial charge in [-0.05, 0) is 16.9 Å². The van der Waals surface area contributed by atoms with Crippen molar-refractivity contribution in [2.75, 3.05) is 0 Å². The second-order valence-electron chi connectivity index (χ2n) is 7.25. The van der Waals surface area contributed by atoms with E-state index < -0.39 is 0 Å². The first-order valence-electron chi connectivity index (χ1n) is 6.56. The fourth-order valence-corrected chi connectivity index (χ4v) is 2.12. The summed E-state index contributed by atoms with van der Waals surface area (Å²) in [5.41, 5.74) is 3.43. The number of fused-ring (bicyclic) bond motifs is 1. The zero-order valence-electron chi connectivity index (χ0n) is 12.3. The van der Waals surface area contributed by atoms with E-state index in [2.05, 4.69) is 58.7 Å². The van der Waals surface area contributed by atoms with Crippen LogP contribution in [0.15, 0.2) is 22.6 Å². The summed E-state index contributed by atoms with van der Waals surface area (Å²) in [5, 5.41) is 0. The molecule has 0 bridgehead atoms. The van der Waals surface area contributed by atoms with Crippen LogP contribution in [-0.2, 0) is 11.8 Å². The lowest BCUT2D eigenvalue weighted by atomic mass is 9.86. The van der Waals surface area contributed by atoms with Crippen LogP contribution < -0.4 is 0 Å². The van der Waals surface area contributed by atoms with Gasteiger partial charge >= 0.3 is 0 Å². The summed E-state index contributed by atoms with van der Waals surface area (Å²) >= 11 is 0. The van der Waals surface area contributed by atoms with Gasteiger partial charge in [0.1, 0.15) is 5.52 Å². The first kappa shape index (κ1) is 13.1. The standard InChI is InChI=1S/C16H23NO/c1-15(2,3)10-13-17-12-9-7-8-11(14(12)18-13)16(4,5)6/h7-9H,10H2,1-6H3. The molecular formula is C16H23NO. The Balaban J connectivity index is 2.52. The molecule has 0 radical (unpaired) electrons. The van der Waals surface area contributed by atoms with Crippen molar-refractivity contribution in [1.29, 1.82) is 0 Å². The van der Waals surface area contributed by atoms with Crippen molar-refractivity contribution in [3.63, 3.8) is 0 Å². The van der Waals surface area contributed by atoms with Crippen LogP contribution >= 0.6 is 0 Å². The molecule has 0 saturated carbocycles. The molecule has 0 unspecified atom stereocenters. The van der Waals surface area contributed by atoms with Gasteiger partial charge in [-0.2, -0.15) is 0 Å². The molecule has 2 heteroatoms. The van der Waals surface area contributed by atoms with E-state index in [1.807, 2.05) is 6.07 Å². The maximum Gasteiger partial charge on any atom is 0.196 e. The van der Waals surface area contributed by atoms with Crippen molar-refractivity contribution in [3.8, 4) is 0 Å². The van der Waals surface area contributed by atoms with Gasteiger partial charge < -0.3 is 4.42 Å². The van der Waals surface area contributed by atoms with E-state index in [1.54, 1.807) is 0 Å². The van der Waals surface area contributed by atoms with Gasteiger partial charge in [-0.25, -0.2) is 4.98 Å². The average Bonchev–Trinajstić information content (AvgIpc) is 2.53. The molecule has 1 aromatic carbocycles. The molecule has 0 aliphatic rings. The molecule has 0 N–H and O–H groups in total. The minimum atomic E-state index is 0.0814. The summed E-state index contributed by atoms with van der Waals surface area (Å²) in [5.74, 6) is 0.842. The zero-order valence-corrected chi connectivity index (χ0v) is 12.3. The molecule has 98 valence electrons. The molecule has 0 fully saturated rings. The van der Waals surface area contributed by atoms with Crippen LogP contribution in [0, 0.1) is 5.41 Å². The fourth-order valence-electron chi connectivity index (χ4n) is 2.12. The van der Waals surface area contributed by atoms with Crippen LogP contribution in [0.1, 0.15) is 53.0 Å². The minimum Gasteiger partial charge on any atom is -0.440 e. The summed E-state index contributed by atoms with van der Waals surface area (Å²) < 4.78 is 5.99. The molecule has 0 aliphatic heterocycles. The highest BCUT2D eigenvalue weighted by atomic mass is 16.3. The van der Waals surface area contributed by atoms with Crippen LogP contribution in [0.25, 0.3) is 11.1 Å². The summed E-state index contributed by atoms with van der Waals surface area (Å²) in [6.45, 7) is 13.2. The van der Waals surface area contributed by atoms with Crippen LogP contribution in [0.4, 0.5) is 0 Å². The highest BCUT2D eigenvalue weighted by Gasteiger charge is 2.22. The molecule has 0 atom stereocenters. The fraction of sp³-hybridized carbons (Fsp3) is 0.562. The molecule has 1 aromatic heterocycles. The molecule has 2 rings (SSSR count). The summed E-state index contributed by atoms with van der Waals surface area (Å²) in [6.07, 6.45) is 0.866. The molecular weight excluding hydrogens is 222 g/mol. The number of aromatic nitrogens is 1. The molecule has 2 nitrogen and oxygen atoms in total. The largest absolute Gasteiger partial charge is 0.440 e. The van der Waals surface area contributed by atoms with Gasteiger partial charge in [0.25, 0.3) is 0 Å². The van der Waals surface area contributed by atoms with Crippen molar-refractivity contribution in [3.05, 3.63) is 29.7 Å². The number of benzene rings is 1. The monoisotopic (exact) mass is 245 g/mol. The first-order valence-corrected chi connectivity index (χ1v) is 6.56. The van der Waals surface area contributed by atoms with Gasteiger partial charge in [0.2, 0.25) is 0 Å². The van der Waals surface area contributed by atoms with Gasteiger partial charge in [0.15, 0.2) is 11.5 Å². The Morgan fingerprint density at radius 2 is 1.72 bits per heavy atom. The van der Waals surface area contributed by atoms with Crippen LogP contribution in [-0.4, -0.2) is 4.98 Å². The SMILES string of the molecule is CC(C)(C)Cc1nc2cccc(C(C)(C)C)c2o1. The molecule has 1 heterocycles. The van der Waals surface area contributed by atoms with Crippen LogP contribution in [0.5, 0.6) is 0 Å². The predicted octanol–water partition coefficient (Wildman–Crippen LogP) is 4.71. The van der Waals surface area contributed by atoms with E-state index >= 15 is 0 Å². The van der Waals surface area contributed by atoms with E-state index in [9.17, 15) is 0 Å². The quantitative estimate of drug-likeness (QED) is 0.727. The Labute approximate surface area is 109 Å². The minimum absolute atomic E-state index is 0.0814. The predicted molar refractivity (Wildman–Crippen MR) is 75.9 cm³/mol. The highest BCUT2D eigenvalue weighted by Crippen LogP contribution is 2.31. The van der Waals surface area contributed by atoms with Gasteiger partial charge in [-0.3, -0.25) is 0 Å². The van der Waals surface area contributed by atoms with Gasteiger partial charge in [0.05, 0.1) is 0 Å². The summed E-state index contributed by atoms with van der Waals surface area (Å²) in [6, 6.07) is 6.22. The lowest BCUT2D eigenvalue weighted by Crippen LogP contribution is -2.11. The third-order valence-electron chi connectivity index (χ3n) is 2.95. The van der Waals surface area contributed by atoms with E-state index in [0.717, 1.165) is 23.4 Å². The van der Waals surface area contributed by atoms with Crippen molar-refractivity contribution < 1.29 is 4.42 Å². The first-order chi connectivity index (χ1) is 8.17. The van der Waals surface area contributed by atoms with Crippen LogP contribution in [0.3, 0.4) is 0 Å². The molecule has 0 amide bonds. The Kier molecular flexibility index (Phi) is 3.00. The van der Waals surface area contributed by atoms with Crippen molar-refractivity contribution in [2.45, 2.75) is 53.4 Å². The van der Waals surface area contributed by atoms with Crippen molar-refractivity contribution in [2.24, 2.45) is 5.41 Å². The lowest BCUT2D eigenvalue weighted by Gasteiger charge is -2.18. The third kappa shape index (κ3) is 2.74. The summed E-state index contributed by atoms with van der Waals surface area (Å²) in [4.78, 5) is 4.61. The van der Waals surface area contributed by atoms with Gasteiger partial charge in [-0.15, -0.1) is 0 Å². The Morgan fingerprint density at radius 3 is 2.28 bits per heavy atom. The third-order valence-corrected chi connectivity index (χ3v) is 2.95. The molecule has 0 saturated heterocycles. The number of hydrogen-bond donors (Lipinski definition) is 0. The number of para-hydroxylation sites is 1. The maximum absolute atomic E-state index is 5.99. The molecule has 0 spiro atoms. The van der Waals surface area contributed by atoms with E-state index in [4.69, 9.17) is 4.42 Å². The number of rotatable bonds is 1. The van der Waals surface area contributed by atoms with E-state index in [1.165, 1.54) is 5.56 Å². The second kappa shape index (κ2) is 4.11. The highest BCUT2D eigenvalue weighted by molar-refractivity contribution is 5.77. The Hall–Kier alpha value is -1.31. The average molecular weight is 245 g/mol. The number of nitrogens with zero attached hydrogens (tertiary/aromatic N) is 1. The van der Waals surface area contributed by atoms with Gasteiger partial charge in [0, 0.05) is 12.0 Å². The van der Waals surface area contributed by atoms with Crippen molar-refractivity contribution in [1.82, 2.24) is 4.98 Å². The second-order valence-corrected chi connectivity index (χ2v) is 7.25. The molecule has 18 heavy (non-hydrogen) atoms. The Bertz CT molecular complexity index is 552. The van der Waals surface area contributed by atoms with Crippen molar-refractivity contribution >= 4 is 11.1 Å². The Morgan fingerprint density at radius 1 is 1.06 bits per heavy atom. The normalized spacial score (nSPS) is 13.2. The van der Waals surface area contributed by atoms with Gasteiger partial charge in [-0.1, -0.05) is 53.7 Å². The molecule has 2 aromatic rings.